The van der Waals surface area contributed by atoms with Crippen LogP contribution >= 0.6 is 0 Å². The molecule has 6 heteroatoms. The molecule has 3 rings (SSSR count). The Bertz CT molecular complexity index is 706. The number of hydrogen-bond donors (Lipinski definition) is 1. The fourth-order valence-electron chi connectivity index (χ4n) is 3.90. The number of aryl methyl sites for hydroxylation is 1. The second-order valence-corrected chi connectivity index (χ2v) is 10.5. The van der Waals surface area contributed by atoms with Gasteiger partial charge in [0.15, 0.2) is 0 Å². The van der Waals surface area contributed by atoms with E-state index in [1.165, 1.54) is 11.1 Å². The minimum absolute atomic E-state index is 0.215. The van der Waals surface area contributed by atoms with Gasteiger partial charge in [-0.05, 0) is 88.6 Å². The normalized spacial score (nSPS) is 19.6. The van der Waals surface area contributed by atoms with E-state index in [2.05, 4.69) is 17.4 Å². The van der Waals surface area contributed by atoms with Crippen LogP contribution in [0.15, 0.2) is 23.1 Å². The van der Waals surface area contributed by atoms with E-state index in [0.717, 1.165) is 63.2 Å². The molecule has 2 heterocycles. The Morgan fingerprint density at radius 3 is 2.71 bits per heavy atom. The number of likely N-dealkylation sites (tertiary alicyclic amines) is 1. The Labute approximate surface area is 171 Å². The van der Waals surface area contributed by atoms with Gasteiger partial charge in [-0.25, -0.2) is 4.79 Å². The number of nitrogens with zero attached hydrogens (tertiary/aromatic N) is 1. The summed E-state index contributed by atoms with van der Waals surface area (Å²) in [6.45, 7) is 9.08. The molecule has 28 heavy (non-hydrogen) atoms. The SMILES string of the molecule is CC(C)(C)OC(=O)N1CCC(CCS(=O)c2ccc3c(c2)CNCCC3)CC1. The number of ether oxygens (including phenoxy) is 1. The van der Waals surface area contributed by atoms with Crippen LogP contribution in [-0.4, -0.2) is 46.2 Å². The molecule has 156 valence electrons. The van der Waals surface area contributed by atoms with Crippen molar-refractivity contribution in [3.05, 3.63) is 29.3 Å². The van der Waals surface area contributed by atoms with Gasteiger partial charge in [-0.15, -0.1) is 0 Å². The van der Waals surface area contributed by atoms with Crippen molar-refractivity contribution in [3.63, 3.8) is 0 Å². The molecule has 0 aliphatic carbocycles. The van der Waals surface area contributed by atoms with E-state index in [0.29, 0.717) is 11.7 Å². The number of amides is 1. The average molecular weight is 407 g/mol. The molecule has 1 unspecified atom stereocenters. The third kappa shape index (κ3) is 6.05. The van der Waals surface area contributed by atoms with Gasteiger partial charge < -0.3 is 15.0 Å². The summed E-state index contributed by atoms with van der Waals surface area (Å²) in [7, 11) is -0.953. The quantitative estimate of drug-likeness (QED) is 0.825. The van der Waals surface area contributed by atoms with Crippen molar-refractivity contribution in [2.45, 2.75) is 69.9 Å². The lowest BCUT2D eigenvalue weighted by atomic mass is 9.95. The van der Waals surface area contributed by atoms with Crippen molar-refractivity contribution < 1.29 is 13.7 Å². The van der Waals surface area contributed by atoms with Gasteiger partial charge in [0.2, 0.25) is 0 Å². The van der Waals surface area contributed by atoms with Crippen molar-refractivity contribution in [2.24, 2.45) is 5.92 Å². The summed E-state index contributed by atoms with van der Waals surface area (Å²) in [5.41, 5.74) is 2.24. The number of carbonyl (C=O) groups is 1. The summed E-state index contributed by atoms with van der Waals surface area (Å²) < 4.78 is 18.3. The van der Waals surface area contributed by atoms with Gasteiger partial charge in [0.05, 0.1) is 10.8 Å². The monoisotopic (exact) mass is 406 g/mol. The van der Waals surface area contributed by atoms with E-state index >= 15 is 0 Å². The molecular weight excluding hydrogens is 372 g/mol. The molecule has 1 atom stereocenters. The highest BCUT2D eigenvalue weighted by Crippen LogP contribution is 2.24. The Hall–Kier alpha value is -1.40. The van der Waals surface area contributed by atoms with Gasteiger partial charge in [0.1, 0.15) is 5.60 Å². The van der Waals surface area contributed by atoms with E-state index in [9.17, 15) is 9.00 Å². The predicted molar refractivity (Wildman–Crippen MR) is 113 cm³/mol. The first-order chi connectivity index (χ1) is 13.3. The molecule has 1 aromatic rings. The van der Waals surface area contributed by atoms with Gasteiger partial charge in [-0.3, -0.25) is 4.21 Å². The summed E-state index contributed by atoms with van der Waals surface area (Å²) in [4.78, 5) is 14.9. The van der Waals surface area contributed by atoms with Crippen LogP contribution < -0.4 is 5.32 Å². The molecule has 1 N–H and O–H groups in total. The third-order valence-corrected chi connectivity index (χ3v) is 6.92. The van der Waals surface area contributed by atoms with Crippen molar-refractivity contribution >= 4 is 16.9 Å². The van der Waals surface area contributed by atoms with Crippen LogP contribution in [0.5, 0.6) is 0 Å². The van der Waals surface area contributed by atoms with Crippen LogP contribution in [0.4, 0.5) is 4.79 Å². The van der Waals surface area contributed by atoms with Crippen LogP contribution in [0.2, 0.25) is 0 Å². The van der Waals surface area contributed by atoms with E-state index in [1.54, 1.807) is 4.90 Å². The number of benzene rings is 1. The summed E-state index contributed by atoms with van der Waals surface area (Å²) in [5.74, 6) is 1.23. The largest absolute Gasteiger partial charge is 0.444 e. The van der Waals surface area contributed by atoms with Crippen LogP contribution in [0.1, 0.15) is 57.6 Å². The molecule has 0 spiro atoms. The lowest BCUT2D eigenvalue weighted by Crippen LogP contribution is -2.41. The highest BCUT2D eigenvalue weighted by Gasteiger charge is 2.27. The number of nitrogens with one attached hydrogen (secondary N) is 1. The number of fused-ring (bicyclic) bond motifs is 1. The van der Waals surface area contributed by atoms with Gasteiger partial charge in [0.25, 0.3) is 0 Å². The van der Waals surface area contributed by atoms with Gasteiger partial charge in [0, 0.05) is 30.3 Å². The molecule has 1 aromatic carbocycles. The Kier molecular flexibility index (Phi) is 7.15. The van der Waals surface area contributed by atoms with Crippen molar-refractivity contribution in [3.8, 4) is 0 Å². The fraction of sp³-hybridized carbons (Fsp3) is 0.682. The average Bonchev–Trinajstić information content (AvgIpc) is 2.90. The zero-order chi connectivity index (χ0) is 20.1. The standard InChI is InChI=1S/C22H34N2O3S/c1-22(2,3)27-21(25)24-12-8-17(9-13-24)10-14-28(26)20-7-6-18-5-4-11-23-16-19(18)15-20/h6-7,15,17,23H,4-5,8-14,16H2,1-3H3. The number of piperidine rings is 1. The smallest absolute Gasteiger partial charge is 0.410 e. The summed E-state index contributed by atoms with van der Waals surface area (Å²) in [6.07, 6.45) is 4.93. The summed E-state index contributed by atoms with van der Waals surface area (Å²) >= 11 is 0. The summed E-state index contributed by atoms with van der Waals surface area (Å²) in [5, 5.41) is 3.44. The van der Waals surface area contributed by atoms with E-state index < -0.39 is 16.4 Å². The Morgan fingerprint density at radius 1 is 1.25 bits per heavy atom. The maximum Gasteiger partial charge on any atom is 0.410 e. The highest BCUT2D eigenvalue weighted by atomic mass is 32.2. The zero-order valence-corrected chi connectivity index (χ0v) is 18.3. The molecule has 1 saturated heterocycles. The lowest BCUT2D eigenvalue weighted by Gasteiger charge is -2.33. The molecular formula is C22H34N2O3S. The van der Waals surface area contributed by atoms with E-state index in [-0.39, 0.29) is 6.09 Å². The molecule has 0 aromatic heterocycles. The molecule has 1 fully saturated rings. The minimum atomic E-state index is -0.953. The van der Waals surface area contributed by atoms with Gasteiger partial charge in [-0.1, -0.05) is 6.07 Å². The third-order valence-electron chi connectivity index (χ3n) is 5.53. The van der Waals surface area contributed by atoms with Crippen LogP contribution in [0.25, 0.3) is 0 Å². The zero-order valence-electron chi connectivity index (χ0n) is 17.5. The highest BCUT2D eigenvalue weighted by molar-refractivity contribution is 7.85. The second kappa shape index (κ2) is 9.40. The van der Waals surface area contributed by atoms with Crippen molar-refractivity contribution in [1.29, 1.82) is 0 Å². The predicted octanol–water partition coefficient (Wildman–Crippen LogP) is 3.87. The molecule has 1 amide bonds. The van der Waals surface area contributed by atoms with Crippen LogP contribution in [-0.2, 0) is 28.5 Å². The maximum absolute atomic E-state index is 12.8. The van der Waals surface area contributed by atoms with E-state index in [1.807, 2.05) is 26.8 Å². The van der Waals surface area contributed by atoms with Crippen molar-refractivity contribution in [2.75, 3.05) is 25.4 Å². The van der Waals surface area contributed by atoms with Crippen LogP contribution in [0, 0.1) is 5.92 Å². The second-order valence-electron chi connectivity index (χ2n) is 8.96. The first-order valence-corrected chi connectivity index (χ1v) is 11.8. The topological polar surface area (TPSA) is 58.6 Å². The number of rotatable bonds is 4. The molecule has 0 saturated carbocycles. The molecule has 0 bridgehead atoms. The van der Waals surface area contributed by atoms with Crippen LogP contribution in [0.3, 0.4) is 0 Å². The molecule has 2 aliphatic heterocycles. The molecule has 2 aliphatic rings. The maximum atomic E-state index is 12.8. The first-order valence-electron chi connectivity index (χ1n) is 10.5. The van der Waals surface area contributed by atoms with Gasteiger partial charge in [-0.2, -0.15) is 0 Å². The Balaban J connectivity index is 1.46. The number of hydrogen-bond acceptors (Lipinski definition) is 4. The minimum Gasteiger partial charge on any atom is -0.444 e. The fourth-order valence-corrected chi connectivity index (χ4v) is 5.18. The van der Waals surface area contributed by atoms with Gasteiger partial charge >= 0.3 is 6.09 Å². The van der Waals surface area contributed by atoms with E-state index in [4.69, 9.17) is 4.74 Å². The summed E-state index contributed by atoms with van der Waals surface area (Å²) in [6, 6.07) is 6.34. The van der Waals surface area contributed by atoms with Crippen molar-refractivity contribution in [1.82, 2.24) is 10.2 Å². The molecule has 0 radical (unpaired) electrons. The lowest BCUT2D eigenvalue weighted by molar-refractivity contribution is 0.0183. The molecule has 5 nitrogen and oxygen atoms in total. The first kappa shape index (κ1) is 21.3. The number of carbonyl (C=O) groups excluding carboxylic acids is 1. The Morgan fingerprint density at radius 2 is 2.00 bits per heavy atom.